The number of carbonyl (C=O) groups excluding carboxylic acids is 2. The number of ketones is 1. The van der Waals surface area contributed by atoms with Crippen LogP contribution in [0.2, 0.25) is 10.0 Å². The molecule has 2 aromatic rings. The van der Waals surface area contributed by atoms with Crippen LogP contribution in [0.3, 0.4) is 0 Å². The smallest absolute Gasteiger partial charge is 0.362 e. The molecule has 1 aliphatic heterocycles. The SMILES string of the molecule is CC1=C(C(=O)Nc2cc(C(F)(F)F)ccc2Cl)[C@H](c2ccccc2Cl)C2=C(CCCC2=O)N1. The summed E-state index contributed by atoms with van der Waals surface area (Å²) in [6.45, 7) is 1.69. The summed E-state index contributed by atoms with van der Waals surface area (Å²) in [5.74, 6) is -1.52. The summed E-state index contributed by atoms with van der Waals surface area (Å²) in [5, 5.41) is 6.00. The molecule has 0 aromatic heterocycles. The third-order valence-electron chi connectivity index (χ3n) is 5.78. The van der Waals surface area contributed by atoms with E-state index in [9.17, 15) is 22.8 Å². The van der Waals surface area contributed by atoms with Crippen molar-refractivity contribution in [1.29, 1.82) is 0 Å². The van der Waals surface area contributed by atoms with Gasteiger partial charge in [-0.15, -0.1) is 0 Å². The third kappa shape index (κ3) is 4.52. The van der Waals surface area contributed by atoms with Crippen molar-refractivity contribution in [3.63, 3.8) is 0 Å². The number of allylic oxidation sites excluding steroid dienone is 3. The molecule has 0 radical (unpaired) electrons. The molecule has 0 fully saturated rings. The van der Waals surface area contributed by atoms with Crippen LogP contribution in [0.1, 0.15) is 43.2 Å². The van der Waals surface area contributed by atoms with E-state index in [-0.39, 0.29) is 22.1 Å². The molecule has 4 rings (SSSR count). The Morgan fingerprint density at radius 2 is 1.82 bits per heavy atom. The molecule has 2 aromatic carbocycles. The average molecular weight is 495 g/mol. The van der Waals surface area contributed by atoms with Crippen LogP contribution in [0.5, 0.6) is 0 Å². The van der Waals surface area contributed by atoms with Crippen molar-refractivity contribution in [2.75, 3.05) is 5.32 Å². The van der Waals surface area contributed by atoms with E-state index in [2.05, 4.69) is 10.6 Å². The Morgan fingerprint density at radius 3 is 2.52 bits per heavy atom. The van der Waals surface area contributed by atoms with E-state index in [0.29, 0.717) is 41.1 Å². The van der Waals surface area contributed by atoms with Crippen molar-refractivity contribution in [3.8, 4) is 0 Å². The number of benzene rings is 2. The highest BCUT2D eigenvalue weighted by atomic mass is 35.5. The molecule has 1 atom stereocenters. The summed E-state index contributed by atoms with van der Waals surface area (Å²) in [5.41, 5.74) is 1.35. The molecule has 1 amide bonds. The Balaban J connectivity index is 1.79. The first-order valence-electron chi connectivity index (χ1n) is 10.2. The van der Waals surface area contributed by atoms with Crippen molar-refractivity contribution in [1.82, 2.24) is 5.32 Å². The molecule has 0 saturated heterocycles. The van der Waals surface area contributed by atoms with E-state index < -0.39 is 23.6 Å². The first-order valence-corrected chi connectivity index (χ1v) is 11.0. The van der Waals surface area contributed by atoms with Crippen LogP contribution in [0.25, 0.3) is 0 Å². The zero-order valence-electron chi connectivity index (χ0n) is 17.4. The fourth-order valence-electron chi connectivity index (χ4n) is 4.29. The van der Waals surface area contributed by atoms with Gasteiger partial charge in [0.25, 0.3) is 5.91 Å². The number of hydrogen-bond donors (Lipinski definition) is 2. The number of hydrogen-bond acceptors (Lipinski definition) is 3. The second kappa shape index (κ2) is 8.88. The summed E-state index contributed by atoms with van der Waals surface area (Å²) >= 11 is 12.5. The van der Waals surface area contributed by atoms with E-state index in [1.165, 1.54) is 0 Å². The van der Waals surface area contributed by atoms with Gasteiger partial charge in [-0.1, -0.05) is 41.4 Å². The van der Waals surface area contributed by atoms with Gasteiger partial charge >= 0.3 is 6.18 Å². The molecule has 33 heavy (non-hydrogen) atoms. The van der Waals surface area contributed by atoms with Crippen LogP contribution >= 0.6 is 23.2 Å². The molecule has 1 heterocycles. The number of alkyl halides is 3. The minimum atomic E-state index is -4.60. The highest BCUT2D eigenvalue weighted by Crippen LogP contribution is 2.44. The quantitative estimate of drug-likeness (QED) is 0.504. The van der Waals surface area contributed by atoms with Crippen molar-refractivity contribution >= 4 is 40.6 Å². The number of Topliss-reactive ketones (excluding diaryl/α,β-unsaturated/α-hetero) is 1. The van der Waals surface area contributed by atoms with Gasteiger partial charge in [-0.05, 0) is 49.6 Å². The Morgan fingerprint density at radius 1 is 1.09 bits per heavy atom. The number of halogens is 5. The molecule has 2 aliphatic rings. The normalized spacial score (nSPS) is 18.7. The zero-order chi connectivity index (χ0) is 23.9. The molecule has 0 bridgehead atoms. The highest BCUT2D eigenvalue weighted by molar-refractivity contribution is 6.34. The van der Waals surface area contributed by atoms with Crippen LogP contribution in [0, 0.1) is 0 Å². The molecule has 9 heteroatoms. The molecule has 0 unspecified atom stereocenters. The van der Waals surface area contributed by atoms with Crippen LogP contribution in [-0.2, 0) is 15.8 Å². The number of amides is 1. The van der Waals surface area contributed by atoms with Gasteiger partial charge in [0.05, 0.1) is 16.3 Å². The topological polar surface area (TPSA) is 58.2 Å². The number of nitrogens with one attached hydrogen (secondary N) is 2. The summed E-state index contributed by atoms with van der Waals surface area (Å²) in [6, 6.07) is 9.61. The third-order valence-corrected chi connectivity index (χ3v) is 6.45. The van der Waals surface area contributed by atoms with Crippen molar-refractivity contribution in [2.24, 2.45) is 0 Å². The van der Waals surface area contributed by atoms with Gasteiger partial charge in [-0.3, -0.25) is 9.59 Å². The number of dihydropyridines is 1. The fourth-order valence-corrected chi connectivity index (χ4v) is 4.70. The second-order valence-corrected chi connectivity index (χ2v) is 8.75. The largest absolute Gasteiger partial charge is 0.416 e. The monoisotopic (exact) mass is 494 g/mol. The molecule has 172 valence electrons. The molecule has 0 saturated carbocycles. The predicted molar refractivity (Wildman–Crippen MR) is 121 cm³/mol. The number of rotatable bonds is 3. The van der Waals surface area contributed by atoms with Gasteiger partial charge in [0.1, 0.15) is 0 Å². The van der Waals surface area contributed by atoms with Crippen molar-refractivity contribution in [3.05, 3.63) is 86.2 Å². The minimum Gasteiger partial charge on any atom is -0.362 e. The standard InChI is InChI=1S/C24H19Cl2F3N2O2/c1-12-20(23(33)31-18-11-13(24(27,28)29)9-10-16(18)26)21(14-5-2-3-6-15(14)25)22-17(30-12)7-4-8-19(22)32/h2-3,5-6,9-11,21,30H,4,7-8H2,1H3,(H,31,33)/t21-/m0/s1. The Hall–Kier alpha value is -2.77. The van der Waals surface area contributed by atoms with Gasteiger partial charge in [-0.25, -0.2) is 0 Å². The van der Waals surface area contributed by atoms with Gasteiger partial charge < -0.3 is 10.6 Å². The van der Waals surface area contributed by atoms with E-state index in [4.69, 9.17) is 23.2 Å². The van der Waals surface area contributed by atoms with Crippen molar-refractivity contribution in [2.45, 2.75) is 38.3 Å². The Kier molecular flexibility index (Phi) is 6.29. The summed E-state index contributed by atoms with van der Waals surface area (Å²) in [4.78, 5) is 26.4. The first-order chi connectivity index (χ1) is 15.6. The average Bonchev–Trinajstić information content (AvgIpc) is 2.74. The molecule has 0 spiro atoms. The molecular weight excluding hydrogens is 476 g/mol. The van der Waals surface area contributed by atoms with Crippen LogP contribution in [0.15, 0.2) is 65.0 Å². The van der Waals surface area contributed by atoms with Crippen LogP contribution < -0.4 is 10.6 Å². The lowest BCUT2D eigenvalue weighted by Crippen LogP contribution is -2.35. The summed E-state index contributed by atoms with van der Waals surface area (Å²) in [7, 11) is 0. The summed E-state index contributed by atoms with van der Waals surface area (Å²) in [6.07, 6.45) is -2.92. The molecule has 2 N–H and O–H groups in total. The van der Waals surface area contributed by atoms with Gasteiger partial charge in [0, 0.05) is 39.9 Å². The Labute approximate surface area is 198 Å². The predicted octanol–water partition coefficient (Wildman–Crippen LogP) is 6.62. The number of anilines is 1. The van der Waals surface area contributed by atoms with E-state index in [0.717, 1.165) is 23.9 Å². The maximum Gasteiger partial charge on any atom is 0.416 e. The molecule has 4 nitrogen and oxygen atoms in total. The fraction of sp³-hybridized carbons (Fsp3) is 0.250. The number of carbonyl (C=O) groups is 2. The van der Waals surface area contributed by atoms with E-state index in [1.54, 1.807) is 31.2 Å². The maximum absolute atomic E-state index is 13.4. The van der Waals surface area contributed by atoms with Gasteiger partial charge in [-0.2, -0.15) is 13.2 Å². The summed E-state index contributed by atoms with van der Waals surface area (Å²) < 4.78 is 39.5. The zero-order valence-corrected chi connectivity index (χ0v) is 19.0. The lowest BCUT2D eigenvalue weighted by Gasteiger charge is -2.35. The molecule has 1 aliphatic carbocycles. The van der Waals surface area contributed by atoms with E-state index in [1.807, 2.05) is 0 Å². The van der Waals surface area contributed by atoms with E-state index >= 15 is 0 Å². The van der Waals surface area contributed by atoms with Crippen LogP contribution in [0.4, 0.5) is 18.9 Å². The second-order valence-electron chi connectivity index (χ2n) is 7.93. The molecular formula is C24H19Cl2F3N2O2. The van der Waals surface area contributed by atoms with Gasteiger partial charge in [0.2, 0.25) is 0 Å². The van der Waals surface area contributed by atoms with Crippen molar-refractivity contribution < 1.29 is 22.8 Å². The maximum atomic E-state index is 13.4. The lowest BCUT2D eigenvalue weighted by atomic mass is 9.75. The highest BCUT2D eigenvalue weighted by Gasteiger charge is 2.39. The first kappa shape index (κ1) is 23.4. The minimum absolute atomic E-state index is 0.0405. The Bertz CT molecular complexity index is 1220. The van der Waals surface area contributed by atoms with Gasteiger partial charge in [0.15, 0.2) is 5.78 Å². The van der Waals surface area contributed by atoms with Crippen LogP contribution in [-0.4, -0.2) is 11.7 Å². The lowest BCUT2D eigenvalue weighted by molar-refractivity contribution is -0.137.